The van der Waals surface area contributed by atoms with E-state index in [1.54, 1.807) is 0 Å². The van der Waals surface area contributed by atoms with Crippen molar-refractivity contribution in [1.82, 2.24) is 0 Å². The maximum atomic E-state index is 6.15. The SMILES string of the molecule is CCCCCCCCCCC1CCCCCC(C)O1. The van der Waals surface area contributed by atoms with E-state index in [0.717, 1.165) is 0 Å². The van der Waals surface area contributed by atoms with Crippen LogP contribution in [0.25, 0.3) is 0 Å². The third-order valence-corrected chi connectivity index (χ3v) is 4.44. The van der Waals surface area contributed by atoms with Crippen molar-refractivity contribution >= 4 is 0 Å². The smallest absolute Gasteiger partial charge is 0.0578 e. The summed E-state index contributed by atoms with van der Waals surface area (Å²) in [7, 11) is 0. The first kappa shape index (κ1) is 17.0. The molecular weight excluding hydrogens is 232 g/mol. The number of rotatable bonds is 9. The predicted molar refractivity (Wildman–Crippen MR) is 84.6 cm³/mol. The molecule has 1 aliphatic heterocycles. The van der Waals surface area contributed by atoms with Crippen molar-refractivity contribution in [2.24, 2.45) is 0 Å². The molecule has 0 bridgehead atoms. The van der Waals surface area contributed by atoms with Gasteiger partial charge in [-0.15, -0.1) is 0 Å². The van der Waals surface area contributed by atoms with Gasteiger partial charge in [-0.3, -0.25) is 0 Å². The van der Waals surface area contributed by atoms with Gasteiger partial charge in [-0.05, 0) is 26.2 Å². The molecular formula is C18H36O. The Morgan fingerprint density at radius 2 is 1.42 bits per heavy atom. The zero-order valence-corrected chi connectivity index (χ0v) is 13.5. The van der Waals surface area contributed by atoms with E-state index in [1.165, 1.54) is 89.9 Å². The lowest BCUT2D eigenvalue weighted by Crippen LogP contribution is -2.22. The van der Waals surface area contributed by atoms with Gasteiger partial charge in [0.25, 0.3) is 0 Å². The second-order valence-electron chi connectivity index (χ2n) is 6.47. The second kappa shape index (κ2) is 11.8. The van der Waals surface area contributed by atoms with Gasteiger partial charge in [-0.25, -0.2) is 0 Å². The zero-order chi connectivity index (χ0) is 13.8. The minimum absolute atomic E-state index is 0.499. The standard InChI is InChI=1S/C18H36O/c1-3-4-5-6-7-8-9-12-15-18-16-13-10-11-14-17(2)19-18/h17-18H,3-16H2,1-2H3. The van der Waals surface area contributed by atoms with Gasteiger partial charge in [0.1, 0.15) is 0 Å². The van der Waals surface area contributed by atoms with Crippen LogP contribution in [0, 0.1) is 0 Å². The van der Waals surface area contributed by atoms with E-state index < -0.39 is 0 Å². The van der Waals surface area contributed by atoms with E-state index in [9.17, 15) is 0 Å². The van der Waals surface area contributed by atoms with E-state index in [1.807, 2.05) is 0 Å². The molecule has 114 valence electrons. The van der Waals surface area contributed by atoms with Crippen LogP contribution < -0.4 is 0 Å². The van der Waals surface area contributed by atoms with E-state index in [-0.39, 0.29) is 0 Å². The van der Waals surface area contributed by atoms with E-state index in [0.29, 0.717) is 12.2 Å². The first-order valence-electron chi connectivity index (χ1n) is 8.98. The van der Waals surface area contributed by atoms with Gasteiger partial charge in [0, 0.05) is 0 Å². The highest BCUT2D eigenvalue weighted by Crippen LogP contribution is 2.22. The summed E-state index contributed by atoms with van der Waals surface area (Å²) in [5.41, 5.74) is 0. The van der Waals surface area contributed by atoms with Crippen molar-refractivity contribution < 1.29 is 4.74 Å². The maximum Gasteiger partial charge on any atom is 0.0578 e. The molecule has 0 spiro atoms. The molecule has 0 aliphatic carbocycles. The summed E-state index contributed by atoms with van der Waals surface area (Å²) in [6.45, 7) is 4.54. The number of hydrogen-bond donors (Lipinski definition) is 0. The quantitative estimate of drug-likeness (QED) is 0.449. The molecule has 0 aromatic carbocycles. The average Bonchev–Trinajstić information content (AvgIpc) is 2.38. The Balaban J connectivity index is 1.95. The van der Waals surface area contributed by atoms with Crippen LogP contribution in [0.4, 0.5) is 0 Å². The lowest BCUT2D eigenvalue weighted by Gasteiger charge is -2.25. The van der Waals surface area contributed by atoms with Crippen LogP contribution in [-0.2, 0) is 4.74 Å². The molecule has 2 atom stereocenters. The van der Waals surface area contributed by atoms with Crippen LogP contribution in [0.2, 0.25) is 0 Å². The molecule has 2 unspecified atom stereocenters. The van der Waals surface area contributed by atoms with Crippen LogP contribution in [0.15, 0.2) is 0 Å². The Labute approximate surface area is 121 Å². The molecule has 0 aromatic rings. The van der Waals surface area contributed by atoms with Gasteiger partial charge in [0.05, 0.1) is 12.2 Å². The summed E-state index contributed by atoms with van der Waals surface area (Å²) in [6, 6.07) is 0. The Kier molecular flexibility index (Phi) is 10.5. The van der Waals surface area contributed by atoms with Crippen LogP contribution in [-0.4, -0.2) is 12.2 Å². The molecule has 1 rings (SSSR count). The van der Waals surface area contributed by atoms with Crippen molar-refractivity contribution in [3.8, 4) is 0 Å². The molecule has 1 heteroatoms. The van der Waals surface area contributed by atoms with Crippen LogP contribution >= 0.6 is 0 Å². The highest BCUT2D eigenvalue weighted by atomic mass is 16.5. The third-order valence-electron chi connectivity index (χ3n) is 4.44. The topological polar surface area (TPSA) is 9.23 Å². The highest BCUT2D eigenvalue weighted by molar-refractivity contribution is 4.66. The van der Waals surface area contributed by atoms with Gasteiger partial charge in [-0.2, -0.15) is 0 Å². The fourth-order valence-electron chi connectivity index (χ4n) is 3.16. The molecule has 0 amide bonds. The summed E-state index contributed by atoms with van der Waals surface area (Å²) in [5.74, 6) is 0. The van der Waals surface area contributed by atoms with Crippen LogP contribution in [0.1, 0.15) is 104 Å². The molecule has 0 aromatic heterocycles. The zero-order valence-electron chi connectivity index (χ0n) is 13.5. The number of unbranched alkanes of at least 4 members (excludes halogenated alkanes) is 7. The van der Waals surface area contributed by atoms with E-state index >= 15 is 0 Å². The van der Waals surface area contributed by atoms with Crippen molar-refractivity contribution in [1.29, 1.82) is 0 Å². The summed E-state index contributed by atoms with van der Waals surface area (Å²) >= 11 is 0. The fraction of sp³-hybridized carbons (Fsp3) is 1.00. The minimum Gasteiger partial charge on any atom is -0.375 e. The Bertz CT molecular complexity index is 190. The lowest BCUT2D eigenvalue weighted by atomic mass is 9.99. The Morgan fingerprint density at radius 3 is 2.16 bits per heavy atom. The number of ether oxygens (including phenoxy) is 1. The lowest BCUT2D eigenvalue weighted by molar-refractivity contribution is -0.0247. The molecule has 19 heavy (non-hydrogen) atoms. The highest BCUT2D eigenvalue weighted by Gasteiger charge is 2.15. The Hall–Kier alpha value is -0.0400. The Morgan fingerprint density at radius 1 is 0.789 bits per heavy atom. The minimum atomic E-state index is 0.499. The van der Waals surface area contributed by atoms with E-state index in [2.05, 4.69) is 13.8 Å². The third kappa shape index (κ3) is 9.49. The average molecular weight is 268 g/mol. The number of hydrogen-bond acceptors (Lipinski definition) is 1. The molecule has 1 saturated heterocycles. The normalized spacial score (nSPS) is 24.9. The van der Waals surface area contributed by atoms with Gasteiger partial charge in [0.2, 0.25) is 0 Å². The van der Waals surface area contributed by atoms with Crippen LogP contribution in [0.5, 0.6) is 0 Å². The summed E-state index contributed by atoms with van der Waals surface area (Å²) < 4.78 is 6.15. The first-order valence-corrected chi connectivity index (χ1v) is 8.98. The summed E-state index contributed by atoms with van der Waals surface area (Å²) in [6.07, 6.45) is 20.5. The molecule has 1 aliphatic rings. The molecule has 1 fully saturated rings. The van der Waals surface area contributed by atoms with Gasteiger partial charge in [-0.1, -0.05) is 77.6 Å². The van der Waals surface area contributed by atoms with Crippen LogP contribution in [0.3, 0.4) is 0 Å². The fourth-order valence-corrected chi connectivity index (χ4v) is 3.16. The predicted octanol–water partition coefficient (Wildman–Crippen LogP) is 6.26. The van der Waals surface area contributed by atoms with E-state index in [4.69, 9.17) is 4.74 Å². The molecule has 1 heterocycles. The van der Waals surface area contributed by atoms with Gasteiger partial charge in [0.15, 0.2) is 0 Å². The first-order chi connectivity index (χ1) is 9.33. The molecule has 0 radical (unpaired) electrons. The molecule has 1 nitrogen and oxygen atoms in total. The van der Waals surface area contributed by atoms with Crippen molar-refractivity contribution in [2.75, 3.05) is 0 Å². The van der Waals surface area contributed by atoms with Gasteiger partial charge >= 0.3 is 0 Å². The van der Waals surface area contributed by atoms with Crippen molar-refractivity contribution in [2.45, 2.75) is 116 Å². The monoisotopic (exact) mass is 268 g/mol. The largest absolute Gasteiger partial charge is 0.375 e. The summed E-state index contributed by atoms with van der Waals surface area (Å²) in [4.78, 5) is 0. The van der Waals surface area contributed by atoms with Crippen molar-refractivity contribution in [3.05, 3.63) is 0 Å². The molecule has 0 saturated carbocycles. The molecule has 0 N–H and O–H groups in total. The van der Waals surface area contributed by atoms with Crippen molar-refractivity contribution in [3.63, 3.8) is 0 Å². The summed E-state index contributed by atoms with van der Waals surface area (Å²) in [5, 5.41) is 0. The second-order valence-corrected chi connectivity index (χ2v) is 6.47. The maximum absolute atomic E-state index is 6.15. The van der Waals surface area contributed by atoms with Gasteiger partial charge < -0.3 is 4.74 Å².